The quantitative estimate of drug-likeness (QED) is 0.0755. The molecule has 4 aromatic rings. The van der Waals surface area contributed by atoms with Gasteiger partial charge in [0, 0.05) is 5.56 Å². The molecular weight excluding hydrogens is 560 g/mol. The van der Waals surface area contributed by atoms with Gasteiger partial charge >= 0.3 is 6.36 Å². The predicted molar refractivity (Wildman–Crippen MR) is 127 cm³/mol. The van der Waals surface area contributed by atoms with Crippen LogP contribution in [-0.2, 0) is 0 Å². The maximum atomic E-state index is 13.7. The van der Waals surface area contributed by atoms with Gasteiger partial charge in [0.05, 0.1) is 11.9 Å². The zero-order chi connectivity index (χ0) is 28.3. The lowest BCUT2D eigenvalue weighted by molar-refractivity contribution is -0.274. The Balaban J connectivity index is 1.37. The topological polar surface area (TPSA) is 76.4 Å². The molecule has 2 N–H and O–H groups in total. The number of aromatic nitrogens is 3. The number of alkyl halides is 3. The number of hydrogen-bond donors (Lipinski definition) is 2. The molecule has 0 radical (unpaired) electrons. The van der Waals surface area contributed by atoms with Gasteiger partial charge in [0.2, 0.25) is 5.82 Å². The molecule has 1 heterocycles. The predicted octanol–water partition coefficient (Wildman–Crippen LogP) is 5.85. The van der Waals surface area contributed by atoms with Gasteiger partial charge in [0.15, 0.2) is 34.2 Å². The van der Waals surface area contributed by atoms with Crippen molar-refractivity contribution < 1.29 is 39.9 Å². The highest BCUT2D eigenvalue weighted by molar-refractivity contribution is 7.80. The van der Waals surface area contributed by atoms with Crippen LogP contribution in [0.2, 0.25) is 0 Å². The van der Waals surface area contributed by atoms with E-state index in [1.807, 2.05) is 5.32 Å². The van der Waals surface area contributed by atoms with E-state index in [2.05, 4.69) is 25.3 Å². The first kappa shape index (κ1) is 27.4. The fourth-order valence-corrected chi connectivity index (χ4v) is 3.21. The summed E-state index contributed by atoms with van der Waals surface area (Å²) in [5.41, 5.74) is 2.40. The average molecular weight is 572 g/mol. The van der Waals surface area contributed by atoms with E-state index in [9.17, 15) is 35.1 Å². The van der Waals surface area contributed by atoms with E-state index < -0.39 is 46.2 Å². The number of halogens is 8. The van der Waals surface area contributed by atoms with E-state index >= 15 is 0 Å². The van der Waals surface area contributed by atoms with Crippen molar-refractivity contribution >= 4 is 29.2 Å². The number of rotatable bonds is 6. The Morgan fingerprint density at radius 3 is 2.05 bits per heavy atom. The molecule has 0 aliphatic carbocycles. The lowest BCUT2D eigenvalue weighted by atomic mass is 10.1. The molecule has 0 bridgehead atoms. The van der Waals surface area contributed by atoms with Crippen molar-refractivity contribution in [2.24, 2.45) is 5.10 Å². The van der Waals surface area contributed by atoms with E-state index in [1.54, 1.807) is 24.3 Å². The van der Waals surface area contributed by atoms with Gasteiger partial charge in [-0.05, 0) is 42.0 Å². The molecule has 1 aromatic heterocycles. The highest BCUT2D eigenvalue weighted by Crippen LogP contribution is 2.27. The van der Waals surface area contributed by atoms with Crippen LogP contribution in [-0.4, -0.2) is 32.5 Å². The van der Waals surface area contributed by atoms with Gasteiger partial charge in [0.1, 0.15) is 17.8 Å². The molecule has 0 amide bonds. The minimum absolute atomic E-state index is 0.306. The van der Waals surface area contributed by atoms with E-state index in [0.717, 1.165) is 12.1 Å². The second-order valence-electron chi connectivity index (χ2n) is 7.45. The summed E-state index contributed by atoms with van der Waals surface area (Å²) >= 11 is 4.76. The lowest BCUT2D eigenvalue weighted by Crippen LogP contribution is -2.26. The molecule has 4 rings (SSSR count). The summed E-state index contributed by atoms with van der Waals surface area (Å²) < 4.78 is 109. The zero-order valence-electron chi connectivity index (χ0n) is 18.9. The lowest BCUT2D eigenvalue weighted by Gasteiger charge is -2.10. The number of ether oxygens (including phenoxy) is 1. The fraction of sp³-hybridized carbons (Fsp3) is 0.0435. The molecular formula is C23H12F8N6OS. The second kappa shape index (κ2) is 11.0. The van der Waals surface area contributed by atoms with Crippen molar-refractivity contribution in [1.29, 1.82) is 0 Å². The number of thiocarbonyl (C=S) groups is 1. The molecule has 202 valence electrons. The standard InChI is InChI=1S/C23H12F8N6OS/c24-15-16(25)18(27)20(19(28)17(15)26)34-22(39)35-33-9-11-1-3-12(4-2-11)21-32-10-37(36-21)13-5-7-14(8-6-13)38-23(29,30)31/h1-10H,(H2,34,35,39). The number of hydrogen-bond acceptors (Lipinski definition) is 5. The van der Waals surface area contributed by atoms with Crippen LogP contribution in [0.15, 0.2) is 60.0 Å². The SMILES string of the molecule is Fc1c(F)c(F)c(NC(=S)NN=Cc2ccc(-c3ncn(-c4ccc(OC(F)(F)F)cc4)n3)cc2)c(F)c1F. The summed E-state index contributed by atoms with van der Waals surface area (Å²) in [6.07, 6.45) is -2.18. The van der Waals surface area contributed by atoms with E-state index in [-0.39, 0.29) is 5.75 Å². The monoisotopic (exact) mass is 572 g/mol. The summed E-state index contributed by atoms with van der Waals surface area (Å²) in [5, 5.41) is 9.33. The van der Waals surface area contributed by atoms with Crippen molar-refractivity contribution in [3.05, 3.63) is 89.5 Å². The zero-order valence-corrected chi connectivity index (χ0v) is 19.7. The number of nitrogens with zero attached hydrogens (tertiary/aromatic N) is 4. The first-order valence-corrected chi connectivity index (χ1v) is 10.8. The van der Waals surface area contributed by atoms with Crippen LogP contribution >= 0.6 is 12.2 Å². The number of benzene rings is 3. The minimum atomic E-state index is -4.80. The number of hydrazone groups is 1. The Hall–Kier alpha value is -4.60. The molecule has 0 spiro atoms. The Morgan fingerprint density at radius 1 is 0.872 bits per heavy atom. The van der Waals surface area contributed by atoms with Crippen molar-refractivity contribution in [1.82, 2.24) is 20.2 Å². The molecule has 0 saturated carbocycles. The van der Waals surface area contributed by atoms with Crippen molar-refractivity contribution in [3.8, 4) is 22.8 Å². The Morgan fingerprint density at radius 2 is 1.46 bits per heavy atom. The third kappa shape index (κ3) is 6.46. The maximum Gasteiger partial charge on any atom is 0.573 e. The molecule has 0 aliphatic heterocycles. The molecule has 39 heavy (non-hydrogen) atoms. The van der Waals surface area contributed by atoms with Crippen LogP contribution < -0.4 is 15.5 Å². The molecule has 0 unspecified atom stereocenters. The summed E-state index contributed by atoms with van der Waals surface area (Å²) in [4.78, 5) is 4.16. The van der Waals surface area contributed by atoms with Crippen LogP contribution in [0, 0.1) is 29.1 Å². The Kier molecular flexibility index (Phi) is 7.75. The van der Waals surface area contributed by atoms with Crippen LogP contribution in [0.5, 0.6) is 5.75 Å². The first-order valence-electron chi connectivity index (χ1n) is 10.4. The highest BCUT2D eigenvalue weighted by Gasteiger charge is 2.31. The summed E-state index contributed by atoms with van der Waals surface area (Å²) in [5.74, 6) is -10.8. The molecule has 0 aliphatic rings. The van der Waals surface area contributed by atoms with Gasteiger partial charge in [-0.2, -0.15) is 5.10 Å². The average Bonchev–Trinajstić information content (AvgIpc) is 3.39. The third-order valence-electron chi connectivity index (χ3n) is 4.82. The molecule has 7 nitrogen and oxygen atoms in total. The normalized spacial score (nSPS) is 11.6. The maximum absolute atomic E-state index is 13.7. The van der Waals surface area contributed by atoms with Crippen LogP contribution in [0.25, 0.3) is 17.1 Å². The largest absolute Gasteiger partial charge is 0.573 e. The second-order valence-corrected chi connectivity index (χ2v) is 7.85. The number of anilines is 1. The van der Waals surface area contributed by atoms with E-state index in [1.165, 1.54) is 29.4 Å². The van der Waals surface area contributed by atoms with Gasteiger partial charge in [0.25, 0.3) is 0 Å². The van der Waals surface area contributed by atoms with Crippen LogP contribution in [0.3, 0.4) is 0 Å². The van der Waals surface area contributed by atoms with E-state index in [4.69, 9.17) is 12.2 Å². The van der Waals surface area contributed by atoms with Crippen LogP contribution in [0.1, 0.15) is 5.56 Å². The summed E-state index contributed by atoms with van der Waals surface area (Å²) in [6, 6.07) is 11.5. The Labute approximate surface area is 218 Å². The van der Waals surface area contributed by atoms with Gasteiger partial charge in [-0.15, -0.1) is 18.3 Å². The fourth-order valence-electron chi connectivity index (χ4n) is 3.06. The molecule has 0 saturated heterocycles. The number of nitrogens with one attached hydrogen (secondary N) is 2. The van der Waals surface area contributed by atoms with Gasteiger partial charge in [-0.3, -0.25) is 5.43 Å². The van der Waals surface area contributed by atoms with Gasteiger partial charge in [-0.25, -0.2) is 31.6 Å². The first-order chi connectivity index (χ1) is 18.4. The minimum Gasteiger partial charge on any atom is -0.406 e. The molecule has 16 heteroatoms. The molecule has 3 aromatic carbocycles. The van der Waals surface area contributed by atoms with Crippen molar-refractivity contribution in [2.45, 2.75) is 6.36 Å². The highest BCUT2D eigenvalue weighted by atomic mass is 32.1. The third-order valence-corrected chi connectivity index (χ3v) is 5.02. The Bertz CT molecular complexity index is 1510. The molecule has 0 atom stereocenters. The van der Waals surface area contributed by atoms with Gasteiger partial charge < -0.3 is 10.1 Å². The smallest absolute Gasteiger partial charge is 0.406 e. The van der Waals surface area contributed by atoms with E-state index in [0.29, 0.717) is 22.6 Å². The summed E-state index contributed by atoms with van der Waals surface area (Å²) in [7, 11) is 0. The van der Waals surface area contributed by atoms with Crippen molar-refractivity contribution in [3.63, 3.8) is 0 Å². The van der Waals surface area contributed by atoms with Crippen LogP contribution in [0.4, 0.5) is 40.8 Å². The van der Waals surface area contributed by atoms with Gasteiger partial charge in [-0.1, -0.05) is 24.3 Å². The summed E-state index contributed by atoms with van der Waals surface area (Å²) in [6.45, 7) is 0. The molecule has 0 fully saturated rings. The van der Waals surface area contributed by atoms with Crippen molar-refractivity contribution in [2.75, 3.05) is 5.32 Å².